The van der Waals surface area contributed by atoms with Gasteiger partial charge in [-0.2, -0.15) is 13.2 Å². The summed E-state index contributed by atoms with van der Waals surface area (Å²) in [4.78, 5) is 40.0. The van der Waals surface area contributed by atoms with E-state index in [1.807, 2.05) is 18.2 Å². The number of carboxylic acids is 1. The van der Waals surface area contributed by atoms with Crippen LogP contribution in [0.5, 0.6) is 0 Å². The number of furan rings is 1. The van der Waals surface area contributed by atoms with E-state index >= 15 is 0 Å². The van der Waals surface area contributed by atoms with Gasteiger partial charge in [-0.3, -0.25) is 14.6 Å². The van der Waals surface area contributed by atoms with E-state index in [1.54, 1.807) is 55.4 Å². The fourth-order valence-electron chi connectivity index (χ4n) is 2.60. The molecule has 3 rings (SSSR count). The Bertz CT molecular complexity index is 1110. The lowest BCUT2D eigenvalue weighted by molar-refractivity contribution is -0.192. The van der Waals surface area contributed by atoms with Gasteiger partial charge in [-0.25, -0.2) is 4.79 Å². The van der Waals surface area contributed by atoms with Crippen molar-refractivity contribution in [1.82, 2.24) is 9.88 Å². The molecule has 0 aliphatic carbocycles. The summed E-state index contributed by atoms with van der Waals surface area (Å²) < 4.78 is 36.9. The number of aromatic nitrogens is 1. The minimum Gasteiger partial charge on any atom is -0.475 e. The summed E-state index contributed by atoms with van der Waals surface area (Å²) in [5.41, 5.74) is 2.10. The van der Waals surface area contributed by atoms with E-state index in [2.05, 4.69) is 10.3 Å². The van der Waals surface area contributed by atoms with Gasteiger partial charge in [0.15, 0.2) is 0 Å². The highest BCUT2D eigenvalue weighted by atomic mass is 19.4. The first-order valence-electron chi connectivity index (χ1n) is 9.40. The van der Waals surface area contributed by atoms with E-state index in [9.17, 15) is 22.8 Å². The third-order valence-electron chi connectivity index (χ3n) is 4.22. The fraction of sp³-hybridized carbons (Fsp3) is 0.182. The second-order valence-electron chi connectivity index (χ2n) is 6.68. The van der Waals surface area contributed by atoms with E-state index in [-0.39, 0.29) is 11.8 Å². The number of carbonyl (C=O) groups excluding carboxylic acids is 2. The van der Waals surface area contributed by atoms with Crippen molar-refractivity contribution in [2.24, 2.45) is 0 Å². The van der Waals surface area contributed by atoms with Crippen LogP contribution in [0.1, 0.15) is 32.2 Å². The first-order chi connectivity index (χ1) is 15.5. The topological polar surface area (TPSA) is 113 Å². The molecular weight excluding hydrogens is 443 g/mol. The second-order valence-corrected chi connectivity index (χ2v) is 6.68. The third-order valence-corrected chi connectivity index (χ3v) is 4.22. The summed E-state index contributed by atoms with van der Waals surface area (Å²) in [5, 5.41) is 9.92. The van der Waals surface area contributed by atoms with Crippen LogP contribution in [0.15, 0.2) is 65.4 Å². The van der Waals surface area contributed by atoms with Crippen LogP contribution in [0.3, 0.4) is 0 Å². The lowest BCUT2D eigenvalue weighted by Crippen LogP contribution is -2.28. The normalized spacial score (nSPS) is 10.6. The Morgan fingerprint density at radius 2 is 1.70 bits per heavy atom. The smallest absolute Gasteiger partial charge is 0.475 e. The monoisotopic (exact) mass is 463 g/mol. The van der Waals surface area contributed by atoms with Gasteiger partial charge in [0.05, 0.1) is 35.3 Å². The van der Waals surface area contributed by atoms with E-state index in [0.29, 0.717) is 29.1 Å². The molecule has 0 aliphatic heterocycles. The third kappa shape index (κ3) is 7.20. The number of benzene rings is 1. The molecule has 2 amide bonds. The number of nitrogens with zero attached hydrogens (tertiary/aromatic N) is 2. The van der Waals surface area contributed by atoms with E-state index in [0.717, 1.165) is 5.69 Å². The number of alkyl halides is 3. The lowest BCUT2D eigenvalue weighted by atomic mass is 10.1. The molecule has 1 aromatic carbocycles. The Morgan fingerprint density at radius 1 is 1.06 bits per heavy atom. The van der Waals surface area contributed by atoms with Gasteiger partial charge in [0, 0.05) is 13.2 Å². The first kappa shape index (κ1) is 25.1. The van der Waals surface area contributed by atoms with Gasteiger partial charge in [-0.15, -0.1) is 0 Å². The summed E-state index contributed by atoms with van der Waals surface area (Å²) in [6.07, 6.45) is -1.93. The molecule has 2 heterocycles. The number of pyridine rings is 1. The number of carbonyl (C=O) groups is 3. The summed E-state index contributed by atoms with van der Waals surface area (Å²) in [5.74, 6) is -2.74. The molecule has 8 nitrogen and oxygen atoms in total. The Labute approximate surface area is 186 Å². The number of aliphatic carboxylic acids is 1. The second kappa shape index (κ2) is 10.9. The van der Waals surface area contributed by atoms with Crippen LogP contribution in [0.25, 0.3) is 0 Å². The molecular formula is C22H20F3N3O5. The van der Waals surface area contributed by atoms with Crippen molar-refractivity contribution in [1.29, 1.82) is 0 Å². The predicted octanol–water partition coefficient (Wildman–Crippen LogP) is 4.14. The van der Waals surface area contributed by atoms with Crippen LogP contribution in [0, 0.1) is 6.92 Å². The van der Waals surface area contributed by atoms with Crippen LogP contribution in [0.4, 0.5) is 18.9 Å². The molecule has 0 fully saturated rings. The SMILES string of the molecule is Cc1occc1C(=O)Nc1ccccc1C(=O)N(C)Cc1ccccn1.O=C(O)C(F)(F)F. The number of aryl methyl sites for hydroxylation is 1. The Balaban J connectivity index is 0.000000479. The molecule has 0 spiro atoms. The largest absolute Gasteiger partial charge is 0.490 e. The summed E-state index contributed by atoms with van der Waals surface area (Å²) in [7, 11) is 1.70. The quantitative estimate of drug-likeness (QED) is 0.588. The molecule has 0 atom stereocenters. The van der Waals surface area contributed by atoms with Crippen molar-refractivity contribution >= 4 is 23.5 Å². The molecule has 11 heteroatoms. The summed E-state index contributed by atoms with van der Waals surface area (Å²) in [6.45, 7) is 2.09. The number of carboxylic acid groups (broad SMARTS) is 1. The van der Waals surface area contributed by atoms with Crippen molar-refractivity contribution < 1.29 is 37.1 Å². The lowest BCUT2D eigenvalue weighted by Gasteiger charge is -2.19. The molecule has 33 heavy (non-hydrogen) atoms. The number of anilines is 1. The van der Waals surface area contributed by atoms with Gasteiger partial charge >= 0.3 is 12.1 Å². The van der Waals surface area contributed by atoms with Crippen LogP contribution >= 0.6 is 0 Å². The molecule has 0 saturated carbocycles. The highest BCUT2D eigenvalue weighted by Crippen LogP contribution is 2.20. The molecule has 0 aliphatic rings. The number of halogens is 3. The summed E-state index contributed by atoms with van der Waals surface area (Å²) >= 11 is 0. The van der Waals surface area contributed by atoms with Crippen LogP contribution in [-0.4, -0.2) is 46.0 Å². The van der Waals surface area contributed by atoms with Crippen molar-refractivity contribution in [3.63, 3.8) is 0 Å². The molecule has 2 N–H and O–H groups in total. The molecule has 0 radical (unpaired) electrons. The maximum atomic E-state index is 12.8. The molecule has 0 unspecified atom stereocenters. The predicted molar refractivity (Wildman–Crippen MR) is 112 cm³/mol. The number of rotatable bonds is 5. The maximum Gasteiger partial charge on any atom is 0.490 e. The molecule has 3 aromatic rings. The maximum absolute atomic E-state index is 12.8. The van der Waals surface area contributed by atoms with E-state index in [1.165, 1.54) is 6.26 Å². The Morgan fingerprint density at radius 3 is 2.24 bits per heavy atom. The van der Waals surface area contributed by atoms with Gasteiger partial charge in [-0.1, -0.05) is 18.2 Å². The van der Waals surface area contributed by atoms with Crippen molar-refractivity contribution in [3.8, 4) is 0 Å². The van der Waals surface area contributed by atoms with Gasteiger partial charge in [-0.05, 0) is 37.3 Å². The zero-order valence-corrected chi connectivity index (χ0v) is 17.6. The van der Waals surface area contributed by atoms with Crippen LogP contribution in [0.2, 0.25) is 0 Å². The van der Waals surface area contributed by atoms with Crippen LogP contribution < -0.4 is 5.32 Å². The van der Waals surface area contributed by atoms with Crippen molar-refractivity contribution in [2.75, 3.05) is 12.4 Å². The first-order valence-corrected chi connectivity index (χ1v) is 9.40. The number of amides is 2. The van der Waals surface area contributed by atoms with Crippen molar-refractivity contribution in [3.05, 3.63) is 83.6 Å². The number of nitrogens with one attached hydrogen (secondary N) is 1. The molecule has 2 aromatic heterocycles. The molecule has 0 saturated heterocycles. The highest BCUT2D eigenvalue weighted by molar-refractivity contribution is 6.09. The van der Waals surface area contributed by atoms with E-state index in [4.69, 9.17) is 14.3 Å². The van der Waals surface area contributed by atoms with Gasteiger partial charge in [0.2, 0.25) is 0 Å². The zero-order valence-electron chi connectivity index (χ0n) is 17.6. The van der Waals surface area contributed by atoms with E-state index < -0.39 is 12.1 Å². The fourth-order valence-corrected chi connectivity index (χ4v) is 2.60. The highest BCUT2D eigenvalue weighted by Gasteiger charge is 2.38. The zero-order chi connectivity index (χ0) is 24.6. The Hall–Kier alpha value is -4.15. The number of para-hydroxylation sites is 1. The minimum absolute atomic E-state index is 0.199. The van der Waals surface area contributed by atoms with Gasteiger partial charge < -0.3 is 19.7 Å². The van der Waals surface area contributed by atoms with Gasteiger partial charge in [0.25, 0.3) is 11.8 Å². The van der Waals surface area contributed by atoms with Crippen molar-refractivity contribution in [2.45, 2.75) is 19.6 Å². The Kier molecular flexibility index (Phi) is 8.32. The summed E-state index contributed by atoms with van der Waals surface area (Å²) in [6, 6.07) is 14.1. The molecule has 0 bridgehead atoms. The molecule has 174 valence electrons. The van der Waals surface area contributed by atoms with Crippen LogP contribution in [-0.2, 0) is 11.3 Å². The average molecular weight is 463 g/mol. The standard InChI is InChI=1S/C20H19N3O3.C2HF3O2/c1-14-16(10-12-26-14)19(24)22-18-9-4-3-8-17(18)20(25)23(2)13-15-7-5-6-11-21-15;3-2(4,5)1(6)7/h3-12H,13H2,1-2H3,(H,22,24);(H,6,7). The number of hydrogen-bond donors (Lipinski definition) is 2. The number of hydrogen-bond acceptors (Lipinski definition) is 5. The average Bonchev–Trinajstić information content (AvgIpc) is 3.20. The minimum atomic E-state index is -5.08. The van der Waals surface area contributed by atoms with Gasteiger partial charge in [0.1, 0.15) is 5.76 Å².